The number of hydrogen-bond acceptors (Lipinski definition) is 4. The van der Waals surface area contributed by atoms with E-state index in [0.717, 1.165) is 23.3 Å². The number of fused-ring (bicyclic) bond motifs is 1. The molecule has 0 radical (unpaired) electrons. The maximum atomic E-state index is 12.4. The smallest absolute Gasteiger partial charge is 0.263 e. The maximum Gasteiger partial charge on any atom is 0.263 e. The number of nitrogens with one attached hydrogen (secondary N) is 1. The molecule has 28 heavy (non-hydrogen) atoms. The standard InChI is InChI=1S/C22H23N3O3/c1-22(2)13-17-9-6-10-18(21(17)28-22)27-15-20(26)24-19-11-12-23-25(19)14-16-7-4-3-5-8-16/h3-12H,13-15H2,1-2H3,(H,24,26). The molecule has 1 aliphatic rings. The summed E-state index contributed by atoms with van der Waals surface area (Å²) in [6, 6.07) is 17.5. The summed E-state index contributed by atoms with van der Waals surface area (Å²) in [5.74, 6) is 1.71. The first-order chi connectivity index (χ1) is 13.5. The van der Waals surface area contributed by atoms with Crippen LogP contribution in [0.2, 0.25) is 0 Å². The molecule has 0 bridgehead atoms. The Bertz CT molecular complexity index is 980. The first-order valence-corrected chi connectivity index (χ1v) is 9.29. The molecule has 0 atom stereocenters. The summed E-state index contributed by atoms with van der Waals surface area (Å²) >= 11 is 0. The molecule has 2 aromatic carbocycles. The van der Waals surface area contributed by atoms with Gasteiger partial charge in [0, 0.05) is 18.1 Å². The highest BCUT2D eigenvalue weighted by molar-refractivity contribution is 5.91. The molecule has 1 aromatic heterocycles. The van der Waals surface area contributed by atoms with Crippen LogP contribution in [0.25, 0.3) is 0 Å². The molecule has 3 aromatic rings. The Labute approximate surface area is 164 Å². The minimum atomic E-state index is -0.256. The fourth-order valence-corrected chi connectivity index (χ4v) is 3.34. The molecule has 1 N–H and O–H groups in total. The Morgan fingerprint density at radius 1 is 1.18 bits per heavy atom. The molecule has 6 heteroatoms. The fourth-order valence-electron chi connectivity index (χ4n) is 3.34. The van der Waals surface area contributed by atoms with Crippen molar-refractivity contribution in [1.29, 1.82) is 0 Å². The average Bonchev–Trinajstić information content (AvgIpc) is 3.23. The van der Waals surface area contributed by atoms with E-state index in [4.69, 9.17) is 9.47 Å². The van der Waals surface area contributed by atoms with Crippen LogP contribution in [0.3, 0.4) is 0 Å². The average molecular weight is 377 g/mol. The summed E-state index contributed by atoms with van der Waals surface area (Å²) in [6.07, 6.45) is 2.49. The number of benzene rings is 2. The molecule has 2 heterocycles. The topological polar surface area (TPSA) is 65.4 Å². The van der Waals surface area contributed by atoms with Crippen LogP contribution in [0.4, 0.5) is 5.82 Å². The highest BCUT2D eigenvalue weighted by Crippen LogP contribution is 2.41. The molecule has 1 aliphatic heterocycles. The van der Waals surface area contributed by atoms with E-state index in [1.165, 1.54) is 0 Å². The summed E-state index contributed by atoms with van der Waals surface area (Å²) in [7, 11) is 0. The van der Waals surface area contributed by atoms with Gasteiger partial charge in [0.1, 0.15) is 11.4 Å². The molecular weight excluding hydrogens is 354 g/mol. The number of carbonyl (C=O) groups is 1. The maximum absolute atomic E-state index is 12.4. The van der Waals surface area contributed by atoms with Crippen LogP contribution < -0.4 is 14.8 Å². The molecule has 0 saturated heterocycles. The number of amides is 1. The predicted molar refractivity (Wildman–Crippen MR) is 107 cm³/mol. The lowest BCUT2D eigenvalue weighted by Gasteiger charge is -2.18. The monoisotopic (exact) mass is 377 g/mol. The van der Waals surface area contributed by atoms with E-state index in [-0.39, 0.29) is 18.1 Å². The number of hydrogen-bond donors (Lipinski definition) is 1. The van der Waals surface area contributed by atoms with Gasteiger partial charge in [-0.1, -0.05) is 42.5 Å². The van der Waals surface area contributed by atoms with Crippen LogP contribution in [0.5, 0.6) is 11.5 Å². The second-order valence-corrected chi connectivity index (χ2v) is 7.48. The number of anilines is 1. The van der Waals surface area contributed by atoms with Crippen molar-refractivity contribution in [3.05, 3.63) is 71.9 Å². The minimum absolute atomic E-state index is 0.100. The number of aromatic nitrogens is 2. The minimum Gasteiger partial charge on any atom is -0.483 e. The van der Waals surface area contributed by atoms with Gasteiger partial charge < -0.3 is 14.8 Å². The lowest BCUT2D eigenvalue weighted by molar-refractivity contribution is -0.118. The first kappa shape index (κ1) is 18.1. The zero-order valence-corrected chi connectivity index (χ0v) is 16.0. The van der Waals surface area contributed by atoms with Gasteiger partial charge in [-0.15, -0.1) is 0 Å². The van der Waals surface area contributed by atoms with Gasteiger partial charge in [0.25, 0.3) is 5.91 Å². The van der Waals surface area contributed by atoms with E-state index >= 15 is 0 Å². The van der Waals surface area contributed by atoms with Crippen molar-refractivity contribution >= 4 is 11.7 Å². The van der Waals surface area contributed by atoms with Crippen LogP contribution in [-0.2, 0) is 17.8 Å². The van der Waals surface area contributed by atoms with Crippen LogP contribution in [0.15, 0.2) is 60.8 Å². The van der Waals surface area contributed by atoms with Crippen LogP contribution in [0.1, 0.15) is 25.0 Å². The van der Waals surface area contributed by atoms with Crippen molar-refractivity contribution in [1.82, 2.24) is 9.78 Å². The van der Waals surface area contributed by atoms with Crippen molar-refractivity contribution in [2.75, 3.05) is 11.9 Å². The van der Waals surface area contributed by atoms with E-state index in [9.17, 15) is 4.79 Å². The Kier molecular flexibility index (Phi) is 4.77. The molecule has 0 aliphatic carbocycles. The summed E-state index contributed by atoms with van der Waals surface area (Å²) in [4.78, 5) is 12.4. The molecule has 6 nitrogen and oxygen atoms in total. The Hall–Kier alpha value is -3.28. The van der Waals surface area contributed by atoms with Crippen molar-refractivity contribution in [3.8, 4) is 11.5 Å². The van der Waals surface area contributed by atoms with E-state index < -0.39 is 0 Å². The van der Waals surface area contributed by atoms with E-state index in [1.807, 2.05) is 62.4 Å². The lowest BCUT2D eigenvalue weighted by atomic mass is 10.0. The third-order valence-corrected chi connectivity index (χ3v) is 4.57. The predicted octanol–water partition coefficient (Wildman–Crippen LogP) is 3.66. The highest BCUT2D eigenvalue weighted by atomic mass is 16.5. The van der Waals surface area contributed by atoms with Gasteiger partial charge in [-0.05, 0) is 25.5 Å². The van der Waals surface area contributed by atoms with Crippen molar-refractivity contribution in [2.45, 2.75) is 32.4 Å². The van der Waals surface area contributed by atoms with Gasteiger partial charge in [0.2, 0.25) is 0 Å². The molecular formula is C22H23N3O3. The Balaban J connectivity index is 1.38. The summed E-state index contributed by atoms with van der Waals surface area (Å²) < 4.78 is 13.5. The van der Waals surface area contributed by atoms with Gasteiger partial charge in [-0.3, -0.25) is 4.79 Å². The van der Waals surface area contributed by atoms with Gasteiger partial charge in [-0.2, -0.15) is 5.10 Å². The van der Waals surface area contributed by atoms with Crippen LogP contribution >= 0.6 is 0 Å². The lowest BCUT2D eigenvalue weighted by Crippen LogP contribution is -2.25. The third-order valence-electron chi connectivity index (χ3n) is 4.57. The molecule has 0 fully saturated rings. The van der Waals surface area contributed by atoms with Crippen LogP contribution in [-0.4, -0.2) is 27.9 Å². The molecule has 144 valence electrons. The van der Waals surface area contributed by atoms with Gasteiger partial charge in [-0.25, -0.2) is 4.68 Å². The molecule has 4 rings (SSSR count). The normalized spacial score (nSPS) is 14.2. The van der Waals surface area contributed by atoms with E-state index in [1.54, 1.807) is 16.9 Å². The van der Waals surface area contributed by atoms with Crippen molar-refractivity contribution < 1.29 is 14.3 Å². The number of ether oxygens (including phenoxy) is 2. The number of carbonyl (C=O) groups excluding carboxylic acids is 1. The number of nitrogens with zero attached hydrogens (tertiary/aromatic N) is 2. The largest absolute Gasteiger partial charge is 0.483 e. The molecule has 0 spiro atoms. The second kappa shape index (κ2) is 7.38. The number of para-hydroxylation sites is 1. The summed E-state index contributed by atoms with van der Waals surface area (Å²) in [5, 5.41) is 7.15. The molecule has 1 amide bonds. The fraction of sp³-hybridized carbons (Fsp3) is 0.273. The second-order valence-electron chi connectivity index (χ2n) is 7.48. The SMILES string of the molecule is CC1(C)Cc2cccc(OCC(=O)Nc3ccnn3Cc3ccccc3)c2O1. The van der Waals surface area contributed by atoms with Crippen molar-refractivity contribution in [3.63, 3.8) is 0 Å². The van der Waals surface area contributed by atoms with Crippen LogP contribution in [0, 0.1) is 0 Å². The van der Waals surface area contributed by atoms with E-state index in [0.29, 0.717) is 18.1 Å². The van der Waals surface area contributed by atoms with Crippen molar-refractivity contribution in [2.24, 2.45) is 0 Å². The molecule has 0 unspecified atom stereocenters. The highest BCUT2D eigenvalue weighted by Gasteiger charge is 2.32. The third kappa shape index (κ3) is 4.01. The first-order valence-electron chi connectivity index (χ1n) is 9.29. The zero-order valence-electron chi connectivity index (χ0n) is 16.0. The zero-order chi connectivity index (χ0) is 19.6. The van der Waals surface area contributed by atoms with E-state index in [2.05, 4.69) is 10.4 Å². The Morgan fingerprint density at radius 3 is 2.82 bits per heavy atom. The Morgan fingerprint density at radius 2 is 2.00 bits per heavy atom. The summed E-state index contributed by atoms with van der Waals surface area (Å²) in [5.41, 5.74) is 1.95. The number of rotatable bonds is 6. The molecule has 0 saturated carbocycles. The van der Waals surface area contributed by atoms with Gasteiger partial charge >= 0.3 is 0 Å². The quantitative estimate of drug-likeness (QED) is 0.712. The van der Waals surface area contributed by atoms with Gasteiger partial charge in [0.05, 0.1) is 12.7 Å². The summed E-state index contributed by atoms with van der Waals surface area (Å²) in [6.45, 7) is 4.56. The van der Waals surface area contributed by atoms with Gasteiger partial charge in [0.15, 0.2) is 18.1 Å².